The number of rotatable bonds is 4. The zero-order valence-corrected chi connectivity index (χ0v) is 12.5. The number of aliphatic hydroxyl groups is 1. The van der Waals surface area contributed by atoms with Crippen molar-refractivity contribution in [1.29, 1.82) is 0 Å². The highest BCUT2D eigenvalue weighted by molar-refractivity contribution is 5.43. The molecule has 1 heterocycles. The Balaban J connectivity index is 1.38. The zero-order valence-electron chi connectivity index (χ0n) is 12.5. The fourth-order valence-electron chi connectivity index (χ4n) is 4.01. The molecule has 0 aliphatic heterocycles. The van der Waals surface area contributed by atoms with Gasteiger partial charge >= 0.3 is 0 Å². The predicted octanol–water partition coefficient (Wildman–Crippen LogP) is 2.40. The third-order valence-corrected chi connectivity index (χ3v) is 5.58. The Morgan fingerprint density at radius 3 is 2.76 bits per heavy atom. The molecule has 0 radical (unpaired) electrons. The molecule has 3 N–H and O–H groups in total. The predicted molar refractivity (Wildman–Crippen MR) is 82.2 cm³/mol. The Morgan fingerprint density at radius 2 is 2.10 bits per heavy atom. The first kappa shape index (κ1) is 13.3. The van der Waals surface area contributed by atoms with Crippen molar-refractivity contribution in [2.24, 2.45) is 11.8 Å². The van der Waals surface area contributed by atoms with E-state index in [9.17, 15) is 5.11 Å². The van der Waals surface area contributed by atoms with Gasteiger partial charge in [-0.1, -0.05) is 6.92 Å². The maximum absolute atomic E-state index is 9.99. The van der Waals surface area contributed by atoms with Crippen LogP contribution < -0.4 is 10.6 Å². The normalized spacial score (nSPS) is 40.9. The number of nitrogens with one attached hydrogen (secondary N) is 2. The number of aromatic nitrogens is 2. The van der Waals surface area contributed by atoms with Crippen molar-refractivity contribution < 1.29 is 5.11 Å². The first-order valence-electron chi connectivity index (χ1n) is 8.18. The number of hydrogen-bond acceptors (Lipinski definition) is 5. The van der Waals surface area contributed by atoms with Crippen LogP contribution in [0.3, 0.4) is 0 Å². The molecular weight excluding hydrogens is 264 g/mol. The van der Waals surface area contributed by atoms with Crippen molar-refractivity contribution in [1.82, 2.24) is 9.97 Å². The lowest BCUT2D eigenvalue weighted by molar-refractivity contribution is 0.00147. The second kappa shape index (κ2) is 4.83. The van der Waals surface area contributed by atoms with E-state index in [1.165, 1.54) is 19.3 Å². The maximum Gasteiger partial charge on any atom is 0.225 e. The molecule has 5 nitrogen and oxygen atoms in total. The van der Waals surface area contributed by atoms with Crippen LogP contribution in [0.25, 0.3) is 0 Å². The minimum Gasteiger partial charge on any atom is -0.393 e. The van der Waals surface area contributed by atoms with Crippen LogP contribution in [-0.2, 0) is 0 Å². The van der Waals surface area contributed by atoms with Crippen molar-refractivity contribution in [3.05, 3.63) is 12.3 Å². The van der Waals surface area contributed by atoms with Gasteiger partial charge in [-0.3, -0.25) is 0 Å². The van der Waals surface area contributed by atoms with E-state index in [0.717, 1.165) is 36.9 Å². The smallest absolute Gasteiger partial charge is 0.225 e. The monoisotopic (exact) mass is 288 g/mol. The zero-order chi connectivity index (χ0) is 14.4. The molecular formula is C16H24N4O. The molecule has 0 amide bonds. The van der Waals surface area contributed by atoms with Gasteiger partial charge in [0, 0.05) is 17.8 Å². The second-order valence-electron chi connectivity index (χ2n) is 7.35. The Morgan fingerprint density at radius 1 is 1.29 bits per heavy atom. The van der Waals surface area contributed by atoms with Gasteiger partial charge in [-0.05, 0) is 56.4 Å². The maximum atomic E-state index is 9.99. The fourth-order valence-corrected chi connectivity index (χ4v) is 4.01. The molecule has 1 aromatic heterocycles. The summed E-state index contributed by atoms with van der Waals surface area (Å²) in [6, 6.07) is 2.23. The van der Waals surface area contributed by atoms with Gasteiger partial charge in [0.25, 0.3) is 0 Å². The third kappa shape index (κ3) is 2.48. The lowest BCUT2D eigenvalue weighted by Crippen LogP contribution is -2.63. The molecule has 0 saturated heterocycles. The van der Waals surface area contributed by atoms with E-state index < -0.39 is 0 Å². The highest BCUT2D eigenvalue weighted by Gasteiger charge is 2.57. The van der Waals surface area contributed by atoms with Crippen LogP contribution in [0.1, 0.15) is 45.4 Å². The molecule has 5 heteroatoms. The van der Waals surface area contributed by atoms with E-state index in [0.29, 0.717) is 17.5 Å². The van der Waals surface area contributed by atoms with E-state index in [-0.39, 0.29) is 6.10 Å². The summed E-state index contributed by atoms with van der Waals surface area (Å²) < 4.78 is 0. The molecule has 4 aliphatic rings. The lowest BCUT2D eigenvalue weighted by atomic mass is 9.50. The first-order chi connectivity index (χ1) is 10.1. The molecule has 21 heavy (non-hydrogen) atoms. The molecule has 0 spiro atoms. The van der Waals surface area contributed by atoms with E-state index in [1.807, 2.05) is 12.3 Å². The molecule has 4 aliphatic carbocycles. The molecule has 4 fully saturated rings. The van der Waals surface area contributed by atoms with Gasteiger partial charge in [0.2, 0.25) is 5.95 Å². The van der Waals surface area contributed by atoms with Crippen LogP contribution >= 0.6 is 0 Å². The van der Waals surface area contributed by atoms with Gasteiger partial charge < -0.3 is 15.7 Å². The Bertz CT molecular complexity index is 518. The van der Waals surface area contributed by atoms with E-state index in [4.69, 9.17) is 0 Å². The van der Waals surface area contributed by atoms with Gasteiger partial charge in [-0.15, -0.1) is 0 Å². The summed E-state index contributed by atoms with van der Waals surface area (Å²) in [4.78, 5) is 8.93. The standard InChI is InChI=1S/C16H24N4O/c1-10-2-3-12(6-13(10)21)18-14-4-5-17-15(19-14)20-16-7-11(8-16)9-16/h4-5,10-13,21H,2-3,6-9H2,1H3,(H2,17,18,19,20)/t10-,11?,12-,13-,16?/m1/s1. The number of nitrogens with zero attached hydrogens (tertiary/aromatic N) is 2. The summed E-state index contributed by atoms with van der Waals surface area (Å²) >= 11 is 0. The second-order valence-corrected chi connectivity index (χ2v) is 7.35. The van der Waals surface area contributed by atoms with Crippen molar-refractivity contribution in [2.75, 3.05) is 10.6 Å². The molecule has 5 rings (SSSR count). The molecule has 114 valence electrons. The van der Waals surface area contributed by atoms with E-state index in [2.05, 4.69) is 27.5 Å². The largest absolute Gasteiger partial charge is 0.393 e. The van der Waals surface area contributed by atoms with Gasteiger partial charge in [0.05, 0.1) is 6.10 Å². The molecule has 3 atom stereocenters. The summed E-state index contributed by atoms with van der Waals surface area (Å²) in [6.45, 7) is 2.12. The van der Waals surface area contributed by atoms with Gasteiger partial charge in [0.15, 0.2) is 0 Å². The lowest BCUT2D eigenvalue weighted by Gasteiger charge is -2.61. The average molecular weight is 288 g/mol. The summed E-state index contributed by atoms with van der Waals surface area (Å²) in [5, 5.41) is 17.0. The highest BCUT2D eigenvalue weighted by atomic mass is 16.3. The van der Waals surface area contributed by atoms with Crippen molar-refractivity contribution in [2.45, 2.75) is 63.1 Å². The van der Waals surface area contributed by atoms with Crippen molar-refractivity contribution in [3.8, 4) is 0 Å². The van der Waals surface area contributed by atoms with Crippen molar-refractivity contribution in [3.63, 3.8) is 0 Å². The average Bonchev–Trinajstić information content (AvgIpc) is 2.38. The summed E-state index contributed by atoms with van der Waals surface area (Å²) in [5.74, 6) is 2.97. The third-order valence-electron chi connectivity index (χ3n) is 5.58. The van der Waals surface area contributed by atoms with Crippen molar-refractivity contribution >= 4 is 11.8 Å². The molecule has 4 saturated carbocycles. The summed E-state index contributed by atoms with van der Waals surface area (Å²) in [7, 11) is 0. The van der Waals surface area contributed by atoms with Gasteiger partial charge in [0.1, 0.15) is 5.82 Å². The highest BCUT2D eigenvalue weighted by Crippen LogP contribution is 2.58. The SMILES string of the molecule is C[C@@H]1CC[C@@H](Nc2ccnc(NC34CC(C3)C4)n2)C[C@H]1O. The van der Waals surface area contributed by atoms with Crippen LogP contribution in [-0.4, -0.2) is 32.8 Å². The van der Waals surface area contributed by atoms with Crippen LogP contribution in [0.15, 0.2) is 12.3 Å². The fraction of sp³-hybridized carbons (Fsp3) is 0.750. The number of hydrogen-bond donors (Lipinski definition) is 3. The van der Waals surface area contributed by atoms with Gasteiger partial charge in [-0.25, -0.2) is 4.98 Å². The van der Waals surface area contributed by atoms with Crippen LogP contribution in [0.4, 0.5) is 11.8 Å². The van der Waals surface area contributed by atoms with Crippen LogP contribution in [0.2, 0.25) is 0 Å². The van der Waals surface area contributed by atoms with E-state index >= 15 is 0 Å². The minimum atomic E-state index is -0.198. The number of anilines is 2. The molecule has 0 aromatic carbocycles. The van der Waals surface area contributed by atoms with Crippen LogP contribution in [0.5, 0.6) is 0 Å². The number of aliphatic hydroxyl groups excluding tert-OH is 1. The molecule has 0 unspecified atom stereocenters. The molecule has 2 bridgehead atoms. The summed E-state index contributed by atoms with van der Waals surface area (Å²) in [5.41, 5.74) is 0.305. The van der Waals surface area contributed by atoms with Crippen LogP contribution in [0, 0.1) is 11.8 Å². The Kier molecular flexibility index (Phi) is 3.06. The first-order valence-corrected chi connectivity index (χ1v) is 8.18. The quantitative estimate of drug-likeness (QED) is 0.793. The van der Waals surface area contributed by atoms with E-state index in [1.54, 1.807) is 0 Å². The minimum absolute atomic E-state index is 0.198. The Hall–Kier alpha value is -1.36. The summed E-state index contributed by atoms with van der Waals surface area (Å²) in [6.07, 6.45) is 8.42. The Labute approximate surface area is 125 Å². The van der Waals surface area contributed by atoms with Gasteiger partial charge in [-0.2, -0.15) is 4.98 Å². The topological polar surface area (TPSA) is 70.1 Å². The molecule has 1 aromatic rings.